The summed E-state index contributed by atoms with van der Waals surface area (Å²) in [7, 11) is 1.83. The Morgan fingerprint density at radius 1 is 1.50 bits per heavy atom. The van der Waals surface area contributed by atoms with Gasteiger partial charge in [0.2, 0.25) is 5.91 Å². The Morgan fingerprint density at radius 3 is 2.72 bits per heavy atom. The van der Waals surface area contributed by atoms with Crippen LogP contribution in [0.3, 0.4) is 0 Å². The summed E-state index contributed by atoms with van der Waals surface area (Å²) in [4.78, 5) is 14.0. The van der Waals surface area contributed by atoms with E-state index < -0.39 is 0 Å². The summed E-state index contributed by atoms with van der Waals surface area (Å²) in [6.07, 6.45) is 2.67. The topological polar surface area (TPSA) is 72.4 Å². The zero-order valence-corrected chi connectivity index (χ0v) is 11.3. The highest BCUT2D eigenvalue weighted by Crippen LogP contribution is 2.26. The molecular weight excluding hydrogens is 230 g/mol. The van der Waals surface area contributed by atoms with Gasteiger partial charge in [-0.25, -0.2) is 0 Å². The van der Waals surface area contributed by atoms with Crippen LogP contribution in [-0.2, 0) is 11.3 Å². The molecule has 2 atom stereocenters. The number of aryl methyl sites for hydroxylation is 2. The third-order valence-corrected chi connectivity index (χ3v) is 3.78. The Labute approximate surface area is 107 Å². The van der Waals surface area contributed by atoms with Gasteiger partial charge in [-0.2, -0.15) is 0 Å². The van der Waals surface area contributed by atoms with E-state index in [9.17, 15) is 4.79 Å². The maximum atomic E-state index is 12.3. The molecule has 1 aromatic rings. The minimum Gasteiger partial charge on any atom is -0.361 e. The Kier molecular flexibility index (Phi) is 3.71. The third kappa shape index (κ3) is 2.56. The van der Waals surface area contributed by atoms with Crippen molar-refractivity contribution >= 4 is 5.91 Å². The summed E-state index contributed by atoms with van der Waals surface area (Å²) >= 11 is 0. The molecule has 18 heavy (non-hydrogen) atoms. The molecule has 1 fully saturated rings. The first-order valence-electron chi connectivity index (χ1n) is 6.41. The zero-order chi connectivity index (χ0) is 13.3. The molecule has 1 heterocycles. The van der Waals surface area contributed by atoms with Gasteiger partial charge in [-0.05, 0) is 33.1 Å². The van der Waals surface area contributed by atoms with Gasteiger partial charge in [0.25, 0.3) is 0 Å². The Balaban J connectivity index is 2.00. The lowest BCUT2D eigenvalue weighted by Crippen LogP contribution is -2.32. The van der Waals surface area contributed by atoms with Crippen molar-refractivity contribution in [2.75, 3.05) is 7.05 Å². The van der Waals surface area contributed by atoms with E-state index >= 15 is 0 Å². The number of amides is 1. The fourth-order valence-electron chi connectivity index (χ4n) is 2.60. The first-order chi connectivity index (χ1) is 8.49. The number of nitrogens with two attached hydrogens (primary N) is 1. The molecular formula is C13H21N3O2. The summed E-state index contributed by atoms with van der Waals surface area (Å²) < 4.78 is 5.11. The first kappa shape index (κ1) is 13.1. The molecule has 0 spiro atoms. The van der Waals surface area contributed by atoms with Crippen LogP contribution in [0.1, 0.15) is 36.3 Å². The number of hydrogen-bond acceptors (Lipinski definition) is 4. The van der Waals surface area contributed by atoms with E-state index in [0.29, 0.717) is 6.54 Å². The van der Waals surface area contributed by atoms with Crippen LogP contribution in [0.5, 0.6) is 0 Å². The van der Waals surface area contributed by atoms with E-state index in [1.165, 1.54) is 0 Å². The molecule has 2 rings (SSSR count). The fourth-order valence-corrected chi connectivity index (χ4v) is 2.60. The van der Waals surface area contributed by atoms with Gasteiger partial charge in [0.1, 0.15) is 5.76 Å². The number of aromatic nitrogens is 1. The fraction of sp³-hybridized carbons (Fsp3) is 0.692. The van der Waals surface area contributed by atoms with Gasteiger partial charge in [0.05, 0.1) is 12.2 Å². The van der Waals surface area contributed by atoms with Crippen molar-refractivity contribution in [1.29, 1.82) is 0 Å². The Hall–Kier alpha value is -1.36. The summed E-state index contributed by atoms with van der Waals surface area (Å²) in [5.74, 6) is 1.06. The van der Waals surface area contributed by atoms with Gasteiger partial charge in [0, 0.05) is 24.6 Å². The molecule has 0 saturated heterocycles. The van der Waals surface area contributed by atoms with Gasteiger partial charge in [-0.1, -0.05) is 5.16 Å². The molecule has 0 radical (unpaired) electrons. The molecule has 1 aliphatic rings. The molecule has 1 aromatic heterocycles. The average molecular weight is 251 g/mol. The van der Waals surface area contributed by atoms with E-state index in [1.54, 1.807) is 4.90 Å². The molecule has 5 heteroatoms. The van der Waals surface area contributed by atoms with Gasteiger partial charge in [0.15, 0.2) is 0 Å². The van der Waals surface area contributed by atoms with Crippen molar-refractivity contribution in [3.63, 3.8) is 0 Å². The second-order valence-corrected chi connectivity index (χ2v) is 5.27. The van der Waals surface area contributed by atoms with E-state index in [0.717, 1.165) is 36.3 Å². The summed E-state index contributed by atoms with van der Waals surface area (Å²) in [6, 6.07) is 0.186. The quantitative estimate of drug-likeness (QED) is 0.880. The second kappa shape index (κ2) is 5.10. The number of carbonyl (C=O) groups is 1. The molecule has 1 saturated carbocycles. The minimum absolute atomic E-state index is 0.0884. The molecule has 2 unspecified atom stereocenters. The molecule has 0 aliphatic heterocycles. The van der Waals surface area contributed by atoms with Crippen molar-refractivity contribution in [3.8, 4) is 0 Å². The van der Waals surface area contributed by atoms with Crippen LogP contribution in [0.2, 0.25) is 0 Å². The van der Waals surface area contributed by atoms with Crippen LogP contribution in [-0.4, -0.2) is 29.1 Å². The lowest BCUT2D eigenvalue weighted by Gasteiger charge is -2.20. The van der Waals surface area contributed by atoms with E-state index in [1.807, 2.05) is 20.9 Å². The molecule has 1 aliphatic carbocycles. The maximum Gasteiger partial charge on any atom is 0.225 e. The van der Waals surface area contributed by atoms with Crippen molar-refractivity contribution in [1.82, 2.24) is 10.1 Å². The summed E-state index contributed by atoms with van der Waals surface area (Å²) in [6.45, 7) is 4.33. The van der Waals surface area contributed by atoms with E-state index in [4.69, 9.17) is 10.3 Å². The van der Waals surface area contributed by atoms with Crippen molar-refractivity contribution in [2.45, 2.75) is 45.7 Å². The lowest BCUT2D eigenvalue weighted by atomic mass is 10.1. The highest BCUT2D eigenvalue weighted by molar-refractivity contribution is 5.79. The largest absolute Gasteiger partial charge is 0.361 e. The molecule has 100 valence electrons. The molecule has 2 N–H and O–H groups in total. The zero-order valence-electron chi connectivity index (χ0n) is 11.3. The van der Waals surface area contributed by atoms with Gasteiger partial charge < -0.3 is 15.2 Å². The highest BCUT2D eigenvalue weighted by Gasteiger charge is 2.30. The number of nitrogens with zero attached hydrogens (tertiary/aromatic N) is 2. The van der Waals surface area contributed by atoms with Gasteiger partial charge in [-0.3, -0.25) is 4.79 Å². The van der Waals surface area contributed by atoms with Crippen LogP contribution < -0.4 is 5.73 Å². The van der Waals surface area contributed by atoms with E-state index in [-0.39, 0.29) is 17.9 Å². The predicted octanol–water partition coefficient (Wildman–Crippen LogP) is 1.38. The van der Waals surface area contributed by atoms with Gasteiger partial charge in [-0.15, -0.1) is 0 Å². The molecule has 1 amide bonds. The van der Waals surface area contributed by atoms with Gasteiger partial charge >= 0.3 is 0 Å². The van der Waals surface area contributed by atoms with E-state index in [2.05, 4.69) is 5.16 Å². The standard InChI is InChI=1S/C13H21N3O2/c1-8-12(9(2)18-15-8)7-16(3)13(17)10-4-5-11(14)6-10/h10-11H,4-7,14H2,1-3H3. The monoisotopic (exact) mass is 251 g/mol. The molecule has 5 nitrogen and oxygen atoms in total. The highest BCUT2D eigenvalue weighted by atomic mass is 16.5. The third-order valence-electron chi connectivity index (χ3n) is 3.78. The predicted molar refractivity (Wildman–Crippen MR) is 67.8 cm³/mol. The van der Waals surface area contributed by atoms with Crippen LogP contribution >= 0.6 is 0 Å². The Morgan fingerprint density at radius 2 is 2.22 bits per heavy atom. The summed E-state index contributed by atoms with van der Waals surface area (Å²) in [5, 5.41) is 3.91. The van der Waals surface area contributed by atoms with Crippen LogP contribution in [0.4, 0.5) is 0 Å². The average Bonchev–Trinajstić information content (AvgIpc) is 2.89. The first-order valence-corrected chi connectivity index (χ1v) is 6.41. The molecule has 0 bridgehead atoms. The number of hydrogen-bond donors (Lipinski definition) is 1. The lowest BCUT2D eigenvalue weighted by molar-refractivity contribution is -0.134. The molecule has 0 aromatic carbocycles. The number of rotatable bonds is 3. The maximum absolute atomic E-state index is 12.3. The van der Waals surface area contributed by atoms with Crippen molar-refractivity contribution < 1.29 is 9.32 Å². The van der Waals surface area contributed by atoms with Crippen LogP contribution in [0.25, 0.3) is 0 Å². The minimum atomic E-state index is 0.0884. The summed E-state index contributed by atoms with van der Waals surface area (Å²) in [5.41, 5.74) is 7.72. The van der Waals surface area contributed by atoms with Crippen molar-refractivity contribution in [3.05, 3.63) is 17.0 Å². The SMILES string of the molecule is Cc1noc(C)c1CN(C)C(=O)C1CCC(N)C1. The van der Waals surface area contributed by atoms with Crippen LogP contribution in [0.15, 0.2) is 4.52 Å². The smallest absolute Gasteiger partial charge is 0.225 e. The Bertz CT molecular complexity index is 422. The van der Waals surface area contributed by atoms with Crippen molar-refractivity contribution in [2.24, 2.45) is 11.7 Å². The van der Waals surface area contributed by atoms with Crippen LogP contribution in [0, 0.1) is 19.8 Å². The second-order valence-electron chi connectivity index (χ2n) is 5.27. The normalized spacial score (nSPS) is 23.3. The number of carbonyl (C=O) groups excluding carboxylic acids is 1.